The number of amides is 1. The summed E-state index contributed by atoms with van der Waals surface area (Å²) in [5.74, 6) is 1.71. The van der Waals surface area contributed by atoms with Crippen molar-refractivity contribution in [3.63, 3.8) is 0 Å². The zero-order valence-electron chi connectivity index (χ0n) is 21.8. The highest BCUT2D eigenvalue weighted by atomic mass is 16.5. The summed E-state index contributed by atoms with van der Waals surface area (Å²) in [5.41, 5.74) is 3.31. The number of nitrogens with zero attached hydrogens (tertiary/aromatic N) is 3. The molecule has 3 aromatic rings. The van der Waals surface area contributed by atoms with Crippen LogP contribution >= 0.6 is 0 Å². The Morgan fingerprint density at radius 2 is 1.83 bits per heavy atom. The summed E-state index contributed by atoms with van der Waals surface area (Å²) < 4.78 is 6.38. The molecule has 1 aliphatic heterocycles. The molecule has 1 saturated heterocycles. The first-order valence-electron chi connectivity index (χ1n) is 12.6. The van der Waals surface area contributed by atoms with Crippen molar-refractivity contribution in [1.29, 1.82) is 0 Å². The number of aromatic nitrogens is 2. The molecular weight excluding hydrogens is 450 g/mol. The number of rotatable bonds is 8. The number of ether oxygens (including phenoxy) is 1. The summed E-state index contributed by atoms with van der Waals surface area (Å²) in [5, 5.41) is 6.31. The Bertz CT molecular complexity index is 1150. The van der Waals surface area contributed by atoms with Crippen LogP contribution in [0.3, 0.4) is 0 Å². The van der Waals surface area contributed by atoms with Gasteiger partial charge in [0.05, 0.1) is 12.2 Å². The standard InChI is InChI=1S/C29H37N5O2/c1-29(2,3)25-8-7-23(18-26(25)36-20-22-11-16-34(4)17-12-22)33-28(35)24-6-5-13-31-27(24)32-19-21-9-14-30-15-10-21/h5-10,13-15,18,22H,11-12,16-17,19-20H2,1-4H3,(H,31,32)(H,33,35). The summed E-state index contributed by atoms with van der Waals surface area (Å²) in [4.78, 5) is 24.0. The maximum Gasteiger partial charge on any atom is 0.259 e. The third-order valence-electron chi connectivity index (χ3n) is 6.62. The number of pyridine rings is 2. The normalized spacial score (nSPS) is 14.9. The zero-order chi connectivity index (χ0) is 25.5. The predicted octanol–water partition coefficient (Wildman–Crippen LogP) is 5.36. The van der Waals surface area contributed by atoms with Crippen molar-refractivity contribution >= 4 is 17.4 Å². The van der Waals surface area contributed by atoms with Crippen LogP contribution in [0.5, 0.6) is 5.75 Å². The number of carbonyl (C=O) groups excluding carboxylic acids is 1. The largest absolute Gasteiger partial charge is 0.493 e. The van der Waals surface area contributed by atoms with Crippen LogP contribution in [-0.2, 0) is 12.0 Å². The lowest BCUT2D eigenvalue weighted by Gasteiger charge is -2.30. The Morgan fingerprint density at radius 1 is 1.08 bits per heavy atom. The molecule has 0 spiro atoms. The molecule has 0 radical (unpaired) electrons. The van der Waals surface area contributed by atoms with Crippen LogP contribution in [0.2, 0.25) is 0 Å². The maximum atomic E-state index is 13.2. The van der Waals surface area contributed by atoms with Crippen LogP contribution < -0.4 is 15.4 Å². The van der Waals surface area contributed by atoms with Gasteiger partial charge >= 0.3 is 0 Å². The quantitative estimate of drug-likeness (QED) is 0.445. The van der Waals surface area contributed by atoms with E-state index >= 15 is 0 Å². The number of anilines is 2. The van der Waals surface area contributed by atoms with Gasteiger partial charge in [0.2, 0.25) is 0 Å². The SMILES string of the molecule is CN1CCC(COc2cc(NC(=O)c3cccnc3NCc3ccncc3)ccc2C(C)(C)C)CC1. The van der Waals surface area contributed by atoms with E-state index in [-0.39, 0.29) is 11.3 Å². The van der Waals surface area contributed by atoms with Gasteiger partial charge < -0.3 is 20.3 Å². The van der Waals surface area contributed by atoms with Crippen molar-refractivity contribution in [2.75, 3.05) is 37.4 Å². The monoisotopic (exact) mass is 487 g/mol. The Morgan fingerprint density at radius 3 is 2.56 bits per heavy atom. The second-order valence-electron chi connectivity index (χ2n) is 10.6. The molecule has 2 aromatic heterocycles. The van der Waals surface area contributed by atoms with Crippen LogP contribution in [0, 0.1) is 5.92 Å². The molecule has 0 unspecified atom stereocenters. The molecule has 7 nitrogen and oxygen atoms in total. The number of piperidine rings is 1. The molecule has 3 heterocycles. The molecule has 1 amide bonds. The fourth-order valence-electron chi connectivity index (χ4n) is 4.39. The topological polar surface area (TPSA) is 79.4 Å². The van der Waals surface area contributed by atoms with Crippen molar-refractivity contribution in [2.24, 2.45) is 5.92 Å². The van der Waals surface area contributed by atoms with Gasteiger partial charge in [0.1, 0.15) is 11.6 Å². The van der Waals surface area contributed by atoms with Gasteiger partial charge in [-0.2, -0.15) is 0 Å². The predicted molar refractivity (Wildman–Crippen MR) is 145 cm³/mol. The minimum absolute atomic E-state index is 0.0714. The van der Waals surface area contributed by atoms with Crippen molar-refractivity contribution < 1.29 is 9.53 Å². The summed E-state index contributed by atoms with van der Waals surface area (Å²) >= 11 is 0. The Hall–Kier alpha value is -3.45. The lowest BCUT2D eigenvalue weighted by molar-refractivity contribution is 0.102. The van der Waals surface area contributed by atoms with E-state index in [1.807, 2.05) is 24.3 Å². The van der Waals surface area contributed by atoms with E-state index in [1.165, 1.54) is 0 Å². The van der Waals surface area contributed by atoms with Crippen LogP contribution in [0.25, 0.3) is 0 Å². The van der Waals surface area contributed by atoms with Crippen molar-refractivity contribution in [3.05, 3.63) is 77.7 Å². The molecule has 1 fully saturated rings. The summed E-state index contributed by atoms with van der Waals surface area (Å²) in [6, 6.07) is 13.4. The van der Waals surface area contributed by atoms with Gasteiger partial charge in [0.15, 0.2) is 0 Å². The van der Waals surface area contributed by atoms with Crippen LogP contribution in [-0.4, -0.2) is 47.5 Å². The number of likely N-dealkylation sites (tertiary alicyclic amines) is 1. The molecule has 36 heavy (non-hydrogen) atoms. The van der Waals surface area contributed by atoms with Crippen molar-refractivity contribution in [3.8, 4) is 5.75 Å². The average Bonchev–Trinajstić information content (AvgIpc) is 2.87. The molecular formula is C29H37N5O2. The van der Waals surface area contributed by atoms with Gasteiger partial charge in [-0.3, -0.25) is 9.78 Å². The molecule has 0 saturated carbocycles. The first-order chi connectivity index (χ1) is 17.3. The molecule has 2 N–H and O–H groups in total. The number of benzene rings is 1. The molecule has 1 aromatic carbocycles. The minimum atomic E-state index is -0.217. The smallest absolute Gasteiger partial charge is 0.259 e. The number of hydrogen-bond acceptors (Lipinski definition) is 6. The number of carbonyl (C=O) groups is 1. The van der Waals surface area contributed by atoms with Crippen LogP contribution in [0.4, 0.5) is 11.5 Å². The van der Waals surface area contributed by atoms with Crippen molar-refractivity contribution in [1.82, 2.24) is 14.9 Å². The molecule has 190 valence electrons. The minimum Gasteiger partial charge on any atom is -0.493 e. The van der Waals surface area contributed by atoms with Crippen LogP contribution in [0.15, 0.2) is 61.1 Å². The van der Waals surface area contributed by atoms with Gasteiger partial charge in [-0.15, -0.1) is 0 Å². The van der Waals surface area contributed by atoms with Crippen molar-refractivity contribution in [2.45, 2.75) is 45.6 Å². The Kier molecular flexibility index (Phi) is 8.21. The second kappa shape index (κ2) is 11.5. The zero-order valence-corrected chi connectivity index (χ0v) is 21.8. The van der Waals surface area contributed by atoms with Gasteiger partial charge in [0.25, 0.3) is 5.91 Å². The second-order valence-corrected chi connectivity index (χ2v) is 10.6. The van der Waals surface area contributed by atoms with E-state index in [9.17, 15) is 4.79 Å². The Labute approximate surface area is 214 Å². The maximum absolute atomic E-state index is 13.2. The molecule has 1 aliphatic rings. The van der Waals surface area contributed by atoms with E-state index in [4.69, 9.17) is 4.74 Å². The van der Waals surface area contributed by atoms with E-state index in [2.05, 4.69) is 59.4 Å². The van der Waals surface area contributed by atoms with Gasteiger partial charge in [-0.25, -0.2) is 4.98 Å². The highest BCUT2D eigenvalue weighted by Crippen LogP contribution is 2.34. The highest BCUT2D eigenvalue weighted by Gasteiger charge is 2.23. The van der Waals surface area contributed by atoms with E-state index < -0.39 is 0 Å². The summed E-state index contributed by atoms with van der Waals surface area (Å²) in [6.07, 6.45) is 7.47. The molecule has 0 aliphatic carbocycles. The van der Waals surface area contributed by atoms with Crippen LogP contribution in [0.1, 0.15) is 55.1 Å². The average molecular weight is 488 g/mol. The molecule has 0 atom stereocenters. The first-order valence-corrected chi connectivity index (χ1v) is 12.6. The van der Waals surface area contributed by atoms with E-state index in [0.717, 1.165) is 42.8 Å². The molecule has 4 rings (SSSR count). The molecule has 7 heteroatoms. The van der Waals surface area contributed by atoms with Gasteiger partial charge in [-0.1, -0.05) is 26.8 Å². The Balaban J connectivity index is 1.47. The highest BCUT2D eigenvalue weighted by molar-refractivity contribution is 6.07. The van der Waals surface area contributed by atoms with E-state index in [0.29, 0.717) is 36.1 Å². The molecule has 0 bridgehead atoms. The number of hydrogen-bond donors (Lipinski definition) is 2. The summed E-state index contributed by atoms with van der Waals surface area (Å²) in [6.45, 7) is 10.0. The third kappa shape index (κ3) is 6.82. The number of nitrogens with one attached hydrogen (secondary N) is 2. The fraction of sp³-hybridized carbons (Fsp3) is 0.414. The summed E-state index contributed by atoms with van der Waals surface area (Å²) in [7, 11) is 2.17. The van der Waals surface area contributed by atoms with Gasteiger partial charge in [0, 0.05) is 36.9 Å². The first kappa shape index (κ1) is 25.6. The third-order valence-corrected chi connectivity index (χ3v) is 6.62. The van der Waals surface area contributed by atoms with E-state index in [1.54, 1.807) is 30.7 Å². The lowest BCUT2D eigenvalue weighted by Crippen LogP contribution is -2.32. The fourth-order valence-corrected chi connectivity index (χ4v) is 4.39. The van der Waals surface area contributed by atoms with Gasteiger partial charge in [-0.05, 0) is 85.8 Å². The lowest BCUT2D eigenvalue weighted by atomic mass is 9.86.